The molecule has 0 aromatic heterocycles. The van der Waals surface area contributed by atoms with Crippen LogP contribution in [0.1, 0.15) is 84.0 Å². The standard InChI is InChI=1S/C20H33N/c1-3-4-5-6-17-7-9-19(10-8-17)20-13-11-18(12-14-20)16(2)15-21/h17-20H,2-14H2,1H3. The van der Waals surface area contributed by atoms with E-state index >= 15 is 0 Å². The Labute approximate surface area is 131 Å². The summed E-state index contributed by atoms with van der Waals surface area (Å²) in [6.07, 6.45) is 16.8. The quantitative estimate of drug-likeness (QED) is 0.418. The molecule has 0 amide bonds. The highest BCUT2D eigenvalue weighted by atomic mass is 14.4. The molecule has 2 rings (SSSR count). The third-order valence-corrected chi connectivity index (χ3v) is 6.18. The molecular formula is C20H33N. The molecule has 0 aromatic carbocycles. The van der Waals surface area contributed by atoms with Crippen LogP contribution in [0.3, 0.4) is 0 Å². The molecule has 0 aliphatic heterocycles. The summed E-state index contributed by atoms with van der Waals surface area (Å²) in [7, 11) is 0. The fourth-order valence-electron chi connectivity index (χ4n) is 4.66. The zero-order chi connectivity index (χ0) is 15.1. The van der Waals surface area contributed by atoms with Crippen molar-refractivity contribution in [3.8, 4) is 6.07 Å². The maximum Gasteiger partial charge on any atom is 0.0943 e. The van der Waals surface area contributed by atoms with Crippen molar-refractivity contribution in [2.24, 2.45) is 23.7 Å². The minimum atomic E-state index is 0.497. The third kappa shape index (κ3) is 4.87. The van der Waals surface area contributed by atoms with Gasteiger partial charge in [-0.3, -0.25) is 0 Å². The van der Waals surface area contributed by atoms with Crippen LogP contribution in [-0.4, -0.2) is 0 Å². The second-order valence-electron chi connectivity index (χ2n) is 7.53. The lowest BCUT2D eigenvalue weighted by Gasteiger charge is -2.37. The Morgan fingerprint density at radius 1 is 0.952 bits per heavy atom. The van der Waals surface area contributed by atoms with Crippen LogP contribution in [0.5, 0.6) is 0 Å². The van der Waals surface area contributed by atoms with Crippen LogP contribution in [0, 0.1) is 35.0 Å². The highest BCUT2D eigenvalue weighted by molar-refractivity contribution is 5.19. The maximum atomic E-state index is 8.97. The van der Waals surface area contributed by atoms with E-state index in [9.17, 15) is 0 Å². The predicted octanol–water partition coefficient (Wildman–Crippen LogP) is 6.26. The van der Waals surface area contributed by atoms with E-state index in [4.69, 9.17) is 5.26 Å². The molecule has 2 aliphatic rings. The average Bonchev–Trinajstić information content (AvgIpc) is 2.55. The Hall–Kier alpha value is -0.770. The van der Waals surface area contributed by atoms with Crippen molar-refractivity contribution in [2.45, 2.75) is 84.0 Å². The van der Waals surface area contributed by atoms with Gasteiger partial charge in [-0.1, -0.05) is 52.0 Å². The highest BCUT2D eigenvalue weighted by Gasteiger charge is 2.31. The summed E-state index contributed by atoms with van der Waals surface area (Å²) >= 11 is 0. The van der Waals surface area contributed by atoms with E-state index in [0.717, 1.165) is 23.3 Å². The van der Waals surface area contributed by atoms with E-state index in [1.807, 2.05) is 0 Å². The van der Waals surface area contributed by atoms with Gasteiger partial charge >= 0.3 is 0 Å². The molecule has 2 saturated carbocycles. The van der Waals surface area contributed by atoms with Gasteiger partial charge in [0.1, 0.15) is 0 Å². The molecule has 0 saturated heterocycles. The maximum absolute atomic E-state index is 8.97. The van der Waals surface area contributed by atoms with E-state index in [0.29, 0.717) is 5.92 Å². The summed E-state index contributed by atoms with van der Waals surface area (Å²) in [5, 5.41) is 8.97. The zero-order valence-electron chi connectivity index (χ0n) is 13.9. The van der Waals surface area contributed by atoms with Crippen molar-refractivity contribution in [2.75, 3.05) is 0 Å². The Morgan fingerprint density at radius 2 is 1.52 bits per heavy atom. The molecular weight excluding hydrogens is 254 g/mol. The Morgan fingerprint density at radius 3 is 2.05 bits per heavy atom. The number of nitrogens with zero attached hydrogens (tertiary/aromatic N) is 1. The molecule has 0 radical (unpaired) electrons. The summed E-state index contributed by atoms with van der Waals surface area (Å²) in [6, 6.07) is 2.26. The van der Waals surface area contributed by atoms with Gasteiger partial charge in [0, 0.05) is 5.57 Å². The topological polar surface area (TPSA) is 23.8 Å². The molecule has 1 nitrogen and oxygen atoms in total. The van der Waals surface area contributed by atoms with Crippen molar-refractivity contribution < 1.29 is 0 Å². The Bertz CT molecular complexity index is 349. The molecule has 0 atom stereocenters. The van der Waals surface area contributed by atoms with Gasteiger partial charge in [0.25, 0.3) is 0 Å². The molecule has 0 heterocycles. The van der Waals surface area contributed by atoms with Crippen LogP contribution in [0.25, 0.3) is 0 Å². The molecule has 0 unspecified atom stereocenters. The fraction of sp³-hybridized carbons (Fsp3) is 0.850. The molecule has 0 N–H and O–H groups in total. The first-order valence-electron chi connectivity index (χ1n) is 9.33. The number of nitriles is 1. The van der Waals surface area contributed by atoms with Gasteiger partial charge < -0.3 is 0 Å². The smallest absolute Gasteiger partial charge is 0.0943 e. The van der Waals surface area contributed by atoms with E-state index in [-0.39, 0.29) is 0 Å². The van der Waals surface area contributed by atoms with Crippen molar-refractivity contribution in [3.63, 3.8) is 0 Å². The van der Waals surface area contributed by atoms with E-state index in [2.05, 4.69) is 19.6 Å². The van der Waals surface area contributed by atoms with Gasteiger partial charge in [-0.2, -0.15) is 5.26 Å². The van der Waals surface area contributed by atoms with Crippen LogP contribution in [0.15, 0.2) is 12.2 Å². The number of unbranched alkanes of at least 4 members (excludes halogenated alkanes) is 2. The molecule has 0 bridgehead atoms. The fourth-order valence-corrected chi connectivity index (χ4v) is 4.66. The first-order valence-corrected chi connectivity index (χ1v) is 9.33. The van der Waals surface area contributed by atoms with Crippen molar-refractivity contribution in [1.29, 1.82) is 5.26 Å². The number of rotatable bonds is 6. The lowest BCUT2D eigenvalue weighted by atomic mass is 9.68. The summed E-state index contributed by atoms with van der Waals surface area (Å²) in [5.74, 6) is 3.46. The molecule has 1 heteroatoms. The zero-order valence-corrected chi connectivity index (χ0v) is 13.9. The lowest BCUT2D eigenvalue weighted by molar-refractivity contribution is 0.150. The van der Waals surface area contributed by atoms with E-state index in [1.54, 1.807) is 0 Å². The minimum absolute atomic E-state index is 0.497. The number of hydrogen-bond donors (Lipinski definition) is 0. The highest BCUT2D eigenvalue weighted by Crippen LogP contribution is 2.43. The summed E-state index contributed by atoms with van der Waals surface area (Å²) in [5.41, 5.74) is 0.827. The van der Waals surface area contributed by atoms with Crippen LogP contribution < -0.4 is 0 Å². The van der Waals surface area contributed by atoms with Gasteiger partial charge in [0.15, 0.2) is 0 Å². The van der Waals surface area contributed by atoms with Gasteiger partial charge in [0.05, 0.1) is 6.07 Å². The Balaban J connectivity index is 1.67. The van der Waals surface area contributed by atoms with Gasteiger partial charge in [-0.15, -0.1) is 0 Å². The van der Waals surface area contributed by atoms with E-state index < -0.39 is 0 Å². The molecule has 118 valence electrons. The molecule has 0 aromatic rings. The summed E-state index contributed by atoms with van der Waals surface area (Å²) in [4.78, 5) is 0. The monoisotopic (exact) mass is 287 g/mol. The third-order valence-electron chi connectivity index (χ3n) is 6.18. The number of allylic oxidation sites excluding steroid dienone is 1. The second-order valence-corrected chi connectivity index (χ2v) is 7.53. The molecule has 0 spiro atoms. The van der Waals surface area contributed by atoms with Crippen molar-refractivity contribution in [1.82, 2.24) is 0 Å². The first-order chi connectivity index (χ1) is 10.2. The van der Waals surface area contributed by atoms with Crippen LogP contribution in [-0.2, 0) is 0 Å². The summed E-state index contributed by atoms with van der Waals surface area (Å²) < 4.78 is 0. The summed E-state index contributed by atoms with van der Waals surface area (Å²) in [6.45, 7) is 6.22. The van der Waals surface area contributed by atoms with Crippen LogP contribution >= 0.6 is 0 Å². The largest absolute Gasteiger partial charge is 0.193 e. The van der Waals surface area contributed by atoms with E-state index in [1.165, 1.54) is 77.0 Å². The minimum Gasteiger partial charge on any atom is -0.193 e. The Kier molecular flexibility index (Phi) is 6.81. The average molecular weight is 287 g/mol. The lowest BCUT2D eigenvalue weighted by Crippen LogP contribution is -2.26. The van der Waals surface area contributed by atoms with Crippen molar-refractivity contribution in [3.05, 3.63) is 12.2 Å². The van der Waals surface area contributed by atoms with Gasteiger partial charge in [-0.25, -0.2) is 0 Å². The number of hydrogen-bond acceptors (Lipinski definition) is 1. The van der Waals surface area contributed by atoms with Crippen LogP contribution in [0.2, 0.25) is 0 Å². The van der Waals surface area contributed by atoms with Crippen molar-refractivity contribution >= 4 is 0 Å². The normalized spacial score (nSPS) is 33.3. The molecule has 2 aliphatic carbocycles. The van der Waals surface area contributed by atoms with Gasteiger partial charge in [-0.05, 0) is 62.2 Å². The SMILES string of the molecule is C=C(C#N)C1CCC(C2CCC(CCCCC)CC2)CC1. The first kappa shape index (κ1) is 16.6. The molecule has 21 heavy (non-hydrogen) atoms. The van der Waals surface area contributed by atoms with Gasteiger partial charge in [0.2, 0.25) is 0 Å². The molecule has 2 fully saturated rings. The van der Waals surface area contributed by atoms with Crippen LogP contribution in [0.4, 0.5) is 0 Å². The predicted molar refractivity (Wildman–Crippen MR) is 89.8 cm³/mol. The second kappa shape index (κ2) is 8.62.